The maximum absolute atomic E-state index is 14.0. The van der Waals surface area contributed by atoms with Gasteiger partial charge in [0.1, 0.15) is 5.56 Å². The van der Waals surface area contributed by atoms with Gasteiger partial charge in [-0.05, 0) is 18.2 Å². The highest BCUT2D eigenvalue weighted by molar-refractivity contribution is 6.34. The van der Waals surface area contributed by atoms with Gasteiger partial charge < -0.3 is 15.4 Å². The van der Waals surface area contributed by atoms with Crippen LogP contribution in [0.5, 0.6) is 5.75 Å². The second kappa shape index (κ2) is 8.26. The van der Waals surface area contributed by atoms with Crippen LogP contribution in [0.3, 0.4) is 0 Å². The summed E-state index contributed by atoms with van der Waals surface area (Å²) in [5, 5.41) is 4.52. The summed E-state index contributed by atoms with van der Waals surface area (Å²) < 4.78 is 59.8. The molecule has 2 N–H and O–H groups in total. The van der Waals surface area contributed by atoms with Crippen LogP contribution in [-0.2, 0) is 4.79 Å². The van der Waals surface area contributed by atoms with Crippen LogP contribution in [0.2, 0.25) is 5.02 Å². The molecule has 2 aromatic rings. The molecule has 0 atom stereocenters. The standard InChI is InChI=1S/C17H13ClF4N2O3/c1-3-10(25)23-7-4-5-8(18)9(6-7)24-17(26)11-12(19)14(21)16(27-2)15(22)13(11)20/h4-6H,3H2,1-2H3,(H,23,25)(H,24,26). The molecule has 144 valence electrons. The van der Waals surface area contributed by atoms with Crippen LogP contribution in [0, 0.1) is 23.3 Å². The summed E-state index contributed by atoms with van der Waals surface area (Å²) in [6, 6.07) is 3.96. The smallest absolute Gasteiger partial charge is 0.261 e. The van der Waals surface area contributed by atoms with Crippen molar-refractivity contribution >= 4 is 34.8 Å². The van der Waals surface area contributed by atoms with Crippen molar-refractivity contribution in [3.05, 3.63) is 52.1 Å². The van der Waals surface area contributed by atoms with Crippen molar-refractivity contribution in [1.29, 1.82) is 0 Å². The summed E-state index contributed by atoms with van der Waals surface area (Å²) in [4.78, 5) is 23.6. The SMILES string of the molecule is CCC(=O)Nc1ccc(Cl)c(NC(=O)c2c(F)c(F)c(OC)c(F)c2F)c1. The van der Waals surface area contributed by atoms with Crippen LogP contribution < -0.4 is 15.4 Å². The summed E-state index contributed by atoms with van der Waals surface area (Å²) in [7, 11) is 0.815. The molecule has 0 saturated heterocycles. The topological polar surface area (TPSA) is 67.4 Å². The zero-order valence-corrected chi connectivity index (χ0v) is 14.8. The van der Waals surface area contributed by atoms with E-state index in [-0.39, 0.29) is 28.7 Å². The number of halogens is 5. The zero-order valence-electron chi connectivity index (χ0n) is 14.1. The second-order valence-corrected chi connectivity index (χ2v) is 5.62. The minimum absolute atomic E-state index is 0.0341. The molecular formula is C17H13ClF4N2O3. The van der Waals surface area contributed by atoms with Crippen LogP contribution in [0.4, 0.5) is 28.9 Å². The summed E-state index contributed by atoms with van der Waals surface area (Å²) in [5.41, 5.74) is -1.37. The van der Waals surface area contributed by atoms with Crippen molar-refractivity contribution in [2.45, 2.75) is 13.3 Å². The molecule has 0 aliphatic heterocycles. The molecule has 0 unspecified atom stereocenters. The second-order valence-electron chi connectivity index (χ2n) is 5.21. The average molecular weight is 405 g/mol. The van der Waals surface area contributed by atoms with E-state index in [1.54, 1.807) is 6.92 Å². The van der Waals surface area contributed by atoms with E-state index >= 15 is 0 Å². The fourth-order valence-corrected chi connectivity index (χ4v) is 2.29. The molecule has 0 spiro atoms. The monoisotopic (exact) mass is 404 g/mol. The first-order valence-corrected chi connectivity index (χ1v) is 7.89. The Morgan fingerprint density at radius 3 is 2.15 bits per heavy atom. The number of benzene rings is 2. The van der Waals surface area contributed by atoms with Crippen molar-refractivity contribution in [1.82, 2.24) is 0 Å². The van der Waals surface area contributed by atoms with Crippen LogP contribution in [-0.4, -0.2) is 18.9 Å². The number of rotatable bonds is 5. The lowest BCUT2D eigenvalue weighted by atomic mass is 10.1. The maximum Gasteiger partial charge on any atom is 0.261 e. The number of anilines is 2. The van der Waals surface area contributed by atoms with Gasteiger partial charge >= 0.3 is 0 Å². The van der Waals surface area contributed by atoms with Gasteiger partial charge in [0.05, 0.1) is 17.8 Å². The van der Waals surface area contributed by atoms with E-state index in [2.05, 4.69) is 15.4 Å². The number of carbonyl (C=O) groups excluding carboxylic acids is 2. The molecule has 2 amide bonds. The van der Waals surface area contributed by atoms with E-state index in [1.807, 2.05) is 0 Å². The summed E-state index contributed by atoms with van der Waals surface area (Å²) in [6.45, 7) is 1.62. The normalized spacial score (nSPS) is 10.5. The van der Waals surface area contributed by atoms with E-state index < -0.39 is 40.5 Å². The predicted octanol–water partition coefficient (Wildman–Crippen LogP) is 4.51. The minimum atomic E-state index is -1.92. The van der Waals surface area contributed by atoms with E-state index in [0.29, 0.717) is 0 Å². The molecule has 0 radical (unpaired) electrons. The average Bonchev–Trinajstić information content (AvgIpc) is 2.63. The molecule has 0 aliphatic carbocycles. The van der Waals surface area contributed by atoms with Crippen molar-refractivity contribution < 1.29 is 31.9 Å². The number of methoxy groups -OCH3 is 1. The molecule has 0 bridgehead atoms. The zero-order chi connectivity index (χ0) is 20.3. The van der Waals surface area contributed by atoms with Gasteiger partial charge in [-0.3, -0.25) is 9.59 Å². The fraction of sp³-hybridized carbons (Fsp3) is 0.176. The summed E-state index contributed by atoms with van der Waals surface area (Å²) in [6.07, 6.45) is 0.186. The van der Waals surface area contributed by atoms with E-state index in [1.165, 1.54) is 18.2 Å². The molecule has 0 fully saturated rings. The molecule has 0 heterocycles. The van der Waals surface area contributed by atoms with Gasteiger partial charge in [0.15, 0.2) is 17.4 Å². The molecule has 0 saturated carbocycles. The third-order valence-electron chi connectivity index (χ3n) is 3.47. The fourth-order valence-electron chi connectivity index (χ4n) is 2.12. The Morgan fingerprint density at radius 2 is 1.63 bits per heavy atom. The van der Waals surface area contributed by atoms with Gasteiger partial charge in [-0.1, -0.05) is 18.5 Å². The number of hydrogen-bond donors (Lipinski definition) is 2. The first kappa shape index (κ1) is 20.5. The quantitative estimate of drug-likeness (QED) is 0.569. The molecular weight excluding hydrogens is 392 g/mol. The minimum Gasteiger partial charge on any atom is -0.491 e. The molecule has 10 heteroatoms. The first-order chi connectivity index (χ1) is 12.7. The highest BCUT2D eigenvalue weighted by Gasteiger charge is 2.30. The number of carbonyl (C=O) groups is 2. The highest BCUT2D eigenvalue weighted by Crippen LogP contribution is 2.31. The number of ether oxygens (including phenoxy) is 1. The lowest BCUT2D eigenvalue weighted by molar-refractivity contribution is -0.115. The Bertz CT molecular complexity index is 893. The van der Waals surface area contributed by atoms with Crippen LogP contribution in [0.25, 0.3) is 0 Å². The number of hydrogen-bond acceptors (Lipinski definition) is 3. The summed E-state index contributed by atoms with van der Waals surface area (Å²) >= 11 is 5.90. The Kier molecular flexibility index (Phi) is 6.27. The lowest BCUT2D eigenvalue weighted by Gasteiger charge is -2.13. The molecule has 2 aromatic carbocycles. The van der Waals surface area contributed by atoms with E-state index in [4.69, 9.17) is 11.6 Å². The molecule has 5 nitrogen and oxygen atoms in total. The molecule has 27 heavy (non-hydrogen) atoms. The van der Waals surface area contributed by atoms with Crippen LogP contribution in [0.15, 0.2) is 18.2 Å². The van der Waals surface area contributed by atoms with Crippen LogP contribution in [0.1, 0.15) is 23.7 Å². The molecule has 2 rings (SSSR count). The third kappa shape index (κ3) is 4.13. The van der Waals surface area contributed by atoms with E-state index in [0.717, 1.165) is 7.11 Å². The summed E-state index contributed by atoms with van der Waals surface area (Å²) in [5.74, 6) is -10.6. The van der Waals surface area contributed by atoms with Crippen molar-refractivity contribution in [2.75, 3.05) is 17.7 Å². The predicted molar refractivity (Wildman–Crippen MR) is 91.2 cm³/mol. The van der Waals surface area contributed by atoms with Gasteiger partial charge in [0, 0.05) is 12.1 Å². The van der Waals surface area contributed by atoms with Gasteiger partial charge in [-0.15, -0.1) is 0 Å². The van der Waals surface area contributed by atoms with Crippen LogP contribution >= 0.6 is 11.6 Å². The van der Waals surface area contributed by atoms with Gasteiger partial charge in [0.2, 0.25) is 17.5 Å². The van der Waals surface area contributed by atoms with Gasteiger partial charge in [0.25, 0.3) is 5.91 Å². The third-order valence-corrected chi connectivity index (χ3v) is 3.80. The number of nitrogens with one attached hydrogen (secondary N) is 2. The molecule has 0 aromatic heterocycles. The van der Waals surface area contributed by atoms with Gasteiger partial charge in [-0.25, -0.2) is 8.78 Å². The Morgan fingerprint density at radius 1 is 1.04 bits per heavy atom. The molecule has 0 aliphatic rings. The Hall–Kier alpha value is -2.81. The van der Waals surface area contributed by atoms with Crippen molar-refractivity contribution in [3.63, 3.8) is 0 Å². The number of amides is 2. The largest absolute Gasteiger partial charge is 0.491 e. The first-order valence-electron chi connectivity index (χ1n) is 7.51. The van der Waals surface area contributed by atoms with E-state index in [9.17, 15) is 27.2 Å². The van der Waals surface area contributed by atoms with Gasteiger partial charge in [-0.2, -0.15) is 8.78 Å². The van der Waals surface area contributed by atoms with Crippen molar-refractivity contribution in [3.8, 4) is 5.75 Å². The Balaban J connectivity index is 2.41. The lowest BCUT2D eigenvalue weighted by Crippen LogP contribution is -2.19. The van der Waals surface area contributed by atoms with Crippen molar-refractivity contribution in [2.24, 2.45) is 0 Å². The Labute approximate surface area is 156 Å². The maximum atomic E-state index is 14.0. The highest BCUT2D eigenvalue weighted by atomic mass is 35.5.